The van der Waals surface area contributed by atoms with Crippen molar-refractivity contribution >= 4 is 69.4 Å². The summed E-state index contributed by atoms with van der Waals surface area (Å²) in [6.45, 7) is 23.6. The molecule has 0 aliphatic heterocycles. The molecule has 0 saturated heterocycles. The molecule has 6 aliphatic carbocycles. The van der Waals surface area contributed by atoms with Crippen molar-refractivity contribution in [2.75, 3.05) is 0 Å². The summed E-state index contributed by atoms with van der Waals surface area (Å²) in [7, 11) is 0. The number of carbonyl (C=O) groups excluding carboxylic acids is 12. The zero-order chi connectivity index (χ0) is 81.4. The highest BCUT2D eigenvalue weighted by atomic mass is 16.2. The molecule has 12 aromatic rings. The lowest BCUT2D eigenvalue weighted by atomic mass is 9.79. The van der Waals surface area contributed by atoms with Gasteiger partial charge in [0.2, 0.25) is 0 Å². The smallest absolute Gasteiger partial charge is 0.195 e. The van der Waals surface area contributed by atoms with E-state index in [2.05, 4.69) is 6.92 Å². The number of hydrogen-bond acceptors (Lipinski definition) is 12. The second-order valence-corrected chi connectivity index (χ2v) is 29.3. The summed E-state index contributed by atoms with van der Waals surface area (Å²) in [5, 5.41) is 0. The van der Waals surface area contributed by atoms with Crippen molar-refractivity contribution in [2.24, 2.45) is 0 Å². The van der Waals surface area contributed by atoms with E-state index in [1.165, 1.54) is 0 Å². The molecule has 0 spiro atoms. The molecule has 0 radical (unpaired) electrons. The minimum atomic E-state index is -0.0488. The van der Waals surface area contributed by atoms with E-state index in [9.17, 15) is 57.5 Å². The lowest BCUT2D eigenvalue weighted by Crippen LogP contribution is -2.23. The Morgan fingerprint density at radius 3 is 0.895 bits per heavy atom. The van der Waals surface area contributed by atoms with Gasteiger partial charge < -0.3 is 0 Å². The number of aryl methyl sites for hydroxylation is 12. The third-order valence-corrected chi connectivity index (χ3v) is 22.3. The van der Waals surface area contributed by atoms with E-state index in [1.807, 2.05) is 185 Å². The fraction of sp³-hybridized carbons (Fsp3) is 0.176. The Morgan fingerprint density at radius 2 is 0.447 bits per heavy atom. The van der Waals surface area contributed by atoms with Crippen LogP contribution in [0, 0.1) is 41.5 Å². The summed E-state index contributed by atoms with van der Waals surface area (Å²) in [5.41, 5.74) is 24.9. The van der Waals surface area contributed by atoms with Crippen molar-refractivity contribution in [2.45, 2.75) is 122 Å². The van der Waals surface area contributed by atoms with Crippen LogP contribution >= 0.6 is 0 Å². The summed E-state index contributed by atoms with van der Waals surface area (Å²) < 4.78 is 0. The van der Waals surface area contributed by atoms with Crippen molar-refractivity contribution in [1.29, 1.82) is 0 Å². The molecule has 114 heavy (non-hydrogen) atoms. The lowest BCUT2D eigenvalue weighted by molar-refractivity contribution is 0.0978. The Morgan fingerprint density at radius 1 is 0.167 bits per heavy atom. The molecule has 0 saturated carbocycles. The largest absolute Gasteiger partial charge is 0.289 e. The summed E-state index contributed by atoms with van der Waals surface area (Å²) in [5.74, 6) is -0.418. The van der Waals surface area contributed by atoms with Crippen molar-refractivity contribution in [3.8, 4) is 0 Å². The van der Waals surface area contributed by atoms with Gasteiger partial charge in [-0.3, -0.25) is 57.5 Å². The molecule has 0 fully saturated rings. The van der Waals surface area contributed by atoms with Crippen LogP contribution in [-0.2, 0) is 38.5 Å². The minimum absolute atomic E-state index is 0.0137. The van der Waals surface area contributed by atoms with E-state index in [0.717, 1.165) is 105 Å². The van der Waals surface area contributed by atoms with Crippen LogP contribution in [-0.4, -0.2) is 69.4 Å². The van der Waals surface area contributed by atoms with Gasteiger partial charge in [0.05, 0.1) is 0 Å². The lowest BCUT2D eigenvalue weighted by Gasteiger charge is -2.21. The van der Waals surface area contributed by atoms with Gasteiger partial charge in [0, 0.05) is 134 Å². The number of carbonyl (C=O) groups is 12. The van der Waals surface area contributed by atoms with Gasteiger partial charge in [-0.15, -0.1) is 0 Å². The summed E-state index contributed by atoms with van der Waals surface area (Å²) in [6, 6.07) is 65.6. The predicted octanol–water partition coefficient (Wildman–Crippen LogP) is 20.0. The van der Waals surface area contributed by atoms with Crippen LogP contribution in [0.2, 0.25) is 0 Å². The highest BCUT2D eigenvalue weighted by Gasteiger charge is 2.37. The topological polar surface area (TPSA) is 205 Å². The molecule has 0 bridgehead atoms. The van der Waals surface area contributed by atoms with Crippen LogP contribution in [0.1, 0.15) is 299 Å². The predicted molar refractivity (Wildman–Crippen MR) is 443 cm³/mol. The summed E-state index contributed by atoms with van der Waals surface area (Å²) >= 11 is 0. The fourth-order valence-electron chi connectivity index (χ4n) is 16.0. The second-order valence-electron chi connectivity index (χ2n) is 29.3. The molecule has 0 N–H and O–H groups in total. The van der Waals surface area contributed by atoms with Crippen LogP contribution in [0.25, 0.3) is 0 Å². The van der Waals surface area contributed by atoms with Gasteiger partial charge in [0.15, 0.2) is 69.4 Å². The van der Waals surface area contributed by atoms with Crippen LogP contribution < -0.4 is 0 Å². The first-order valence-electron chi connectivity index (χ1n) is 38.7. The normalized spacial score (nSPS) is 13.2. The molecule has 12 aromatic carbocycles. The molecule has 0 heterocycles. The van der Waals surface area contributed by atoms with Gasteiger partial charge in [0.1, 0.15) is 0 Å². The van der Waals surface area contributed by atoms with E-state index in [0.29, 0.717) is 134 Å². The zero-order valence-corrected chi connectivity index (χ0v) is 65.9. The van der Waals surface area contributed by atoms with Gasteiger partial charge in [-0.2, -0.15) is 0 Å². The van der Waals surface area contributed by atoms with Gasteiger partial charge in [0.25, 0.3) is 0 Å². The van der Waals surface area contributed by atoms with E-state index in [4.69, 9.17) is 0 Å². The molecule has 18 rings (SSSR count). The van der Waals surface area contributed by atoms with E-state index in [1.54, 1.807) is 109 Å². The van der Waals surface area contributed by atoms with E-state index >= 15 is 0 Å². The van der Waals surface area contributed by atoms with Crippen LogP contribution in [0.4, 0.5) is 0 Å². The Bertz CT molecular complexity index is 6190. The quantitative estimate of drug-likeness (QED) is 0.152. The minimum Gasteiger partial charge on any atom is -0.289 e. The van der Waals surface area contributed by atoms with Gasteiger partial charge in [-0.05, 0) is 172 Å². The van der Waals surface area contributed by atoms with Crippen LogP contribution in [0.5, 0.6) is 0 Å². The Hall–Kier alpha value is -13.3. The molecule has 0 amide bonds. The average Bonchev–Trinajstić information content (AvgIpc) is 0.779. The van der Waals surface area contributed by atoms with Crippen molar-refractivity contribution < 1.29 is 57.5 Å². The molecule has 12 heteroatoms. The SMILES string of the molecule is CCc1cc2c(cc1C)C(=O)c1ccccc1C2=O.CCc1ccc(C)c2c1C(=O)c1ccccc1C2=O.CCc1ccc2c(c1)C(=O)c1cc(C)ccc1C2=O.CCc1ccc2c(c1)C(=O)c1ccc(C)cc1C2=O.CCc1cccc2c1C(=O)c1c(C)cccc1C2=O.CCc1cccc2c1C(=O)c1cccc(C)c1C2=O. The van der Waals surface area contributed by atoms with Crippen molar-refractivity contribution in [3.63, 3.8) is 0 Å². The number of rotatable bonds is 6. The van der Waals surface area contributed by atoms with E-state index in [-0.39, 0.29) is 69.4 Å². The first-order valence-corrected chi connectivity index (χ1v) is 38.7. The Kier molecular flexibility index (Phi) is 22.5. The van der Waals surface area contributed by atoms with E-state index < -0.39 is 0 Å². The molecular formula is C102H84O12. The molecular weight excluding hydrogens is 1420 g/mol. The van der Waals surface area contributed by atoms with Crippen molar-refractivity contribution in [3.05, 3.63) is 419 Å². The molecule has 6 aliphatic rings. The molecule has 0 atom stereocenters. The Labute approximate surface area is 663 Å². The first kappa shape index (κ1) is 78.8. The highest BCUT2D eigenvalue weighted by Crippen LogP contribution is 2.38. The molecule has 0 aromatic heterocycles. The monoisotopic (exact) mass is 1500 g/mol. The van der Waals surface area contributed by atoms with Crippen molar-refractivity contribution in [1.82, 2.24) is 0 Å². The molecule has 564 valence electrons. The maximum absolute atomic E-state index is 12.7. The van der Waals surface area contributed by atoms with Gasteiger partial charge >= 0.3 is 0 Å². The third kappa shape index (κ3) is 14.2. The standard InChI is InChI=1S/6C17H14O2/c1-3-11-5-7-13-15(9-11)17(19)12-6-4-10(2)8-14(12)16(13)18;1-3-11-5-7-13-15(9-11)17(19)14-8-10(2)4-6-12(14)16(13)18;1-3-11-7-5-9-13-15(11)17(19)12-8-4-6-10(2)14(12)16(13)18;1-3-11-7-5-9-13-15(11)17(19)14-10(2)6-4-8-12(14)16(13)18;1-3-11-9-15-14(8-10(11)2)16(18)12-6-4-5-7-13(12)17(15)19;1-3-11-9-8-10(2)14-15(11)17(19)13-7-5-4-6-12(13)16(14)18/h6*4-9H,3H2,1-2H3. The highest BCUT2D eigenvalue weighted by molar-refractivity contribution is 6.33. The third-order valence-electron chi connectivity index (χ3n) is 22.3. The molecule has 12 nitrogen and oxygen atoms in total. The number of benzene rings is 12. The number of fused-ring (bicyclic) bond motifs is 12. The van der Waals surface area contributed by atoms with Gasteiger partial charge in [-0.25, -0.2) is 0 Å². The first-order chi connectivity index (χ1) is 54.8. The summed E-state index contributed by atoms with van der Waals surface area (Å²) in [4.78, 5) is 150. The average molecular weight is 1500 g/mol. The molecule has 0 unspecified atom stereocenters. The van der Waals surface area contributed by atoms with Crippen LogP contribution in [0.3, 0.4) is 0 Å². The second kappa shape index (κ2) is 32.6. The zero-order valence-electron chi connectivity index (χ0n) is 65.9. The fourth-order valence-corrected chi connectivity index (χ4v) is 16.0. The number of ketones is 12. The maximum atomic E-state index is 12.7. The summed E-state index contributed by atoms with van der Waals surface area (Å²) in [6.07, 6.45) is 4.84. The Balaban J connectivity index is 0.000000119. The van der Waals surface area contributed by atoms with Gasteiger partial charge in [-0.1, -0.05) is 235 Å². The number of hydrogen-bond donors (Lipinski definition) is 0. The van der Waals surface area contributed by atoms with Crippen LogP contribution in [0.15, 0.2) is 218 Å². The maximum Gasteiger partial charge on any atom is 0.195 e.